The Balaban J connectivity index is 4.73. The molecule has 0 amide bonds. The number of nitrogens with two attached hydrogens (primary N) is 1. The normalized spacial score (nSPS) is 12.1. The van der Waals surface area contributed by atoms with Crippen LogP contribution in [-0.4, -0.2) is 26.5 Å². The molecule has 0 aromatic heterocycles. The van der Waals surface area contributed by atoms with E-state index >= 15 is 0 Å². The van der Waals surface area contributed by atoms with Gasteiger partial charge < -0.3 is 20.8 Å². The minimum Gasteiger partial charge on any atom is -0.372 e. The summed E-state index contributed by atoms with van der Waals surface area (Å²) in [7, 11) is -3.42. The molecular weight excluding hydrogens is 231 g/mol. The predicted octanol–water partition coefficient (Wildman–Crippen LogP) is 1.09. The molecule has 0 heterocycles. The van der Waals surface area contributed by atoms with Crippen LogP contribution in [0.1, 0.15) is 27.7 Å². The van der Waals surface area contributed by atoms with Gasteiger partial charge in [0.15, 0.2) is 12.1 Å². The molecule has 0 spiro atoms. The summed E-state index contributed by atoms with van der Waals surface area (Å²) in [5, 5.41) is 2.84. The highest BCUT2D eigenvalue weighted by Gasteiger charge is 2.22. The summed E-state index contributed by atoms with van der Waals surface area (Å²) >= 11 is 4.94. The van der Waals surface area contributed by atoms with E-state index in [1.165, 1.54) is 0 Å². The molecule has 0 saturated heterocycles. The van der Waals surface area contributed by atoms with Crippen molar-refractivity contribution in [3.63, 3.8) is 0 Å². The third-order valence-corrected chi connectivity index (χ3v) is 4.77. The minimum absolute atomic E-state index is 0.0717. The lowest BCUT2D eigenvalue weighted by atomic mass is 10.2. The Labute approximate surface area is 97.0 Å². The summed E-state index contributed by atoms with van der Waals surface area (Å²) < 4.78 is 0.0717. The smallest absolute Gasteiger partial charge is 0.190 e. The van der Waals surface area contributed by atoms with Crippen molar-refractivity contribution < 1.29 is 9.79 Å². The molecule has 0 radical (unpaired) electrons. The van der Waals surface area contributed by atoms with E-state index in [2.05, 4.69) is 5.32 Å². The van der Waals surface area contributed by atoms with Crippen LogP contribution in [0, 0.1) is 11.8 Å². The zero-order valence-corrected chi connectivity index (χ0v) is 11.4. The van der Waals surface area contributed by atoms with Gasteiger partial charge in [0.05, 0.1) is 0 Å². The number of hydrogen-bond acceptors (Lipinski definition) is 3. The summed E-state index contributed by atoms with van der Waals surface area (Å²) in [6.07, 6.45) is 0. The van der Waals surface area contributed by atoms with Gasteiger partial charge in [-0.15, -0.1) is 0 Å². The first-order valence-electron chi connectivity index (χ1n) is 4.95. The summed E-state index contributed by atoms with van der Waals surface area (Å²) in [6.45, 7) is 8.26. The Morgan fingerprint density at radius 3 is 2.13 bits per heavy atom. The van der Waals surface area contributed by atoms with Crippen LogP contribution in [0.3, 0.4) is 0 Å². The van der Waals surface area contributed by atoms with Crippen molar-refractivity contribution in [2.24, 2.45) is 17.6 Å². The molecule has 0 aromatic carbocycles. The van der Waals surface area contributed by atoms with E-state index in [-0.39, 0.29) is 16.1 Å². The Morgan fingerprint density at radius 2 is 1.80 bits per heavy atom. The van der Waals surface area contributed by atoms with Crippen molar-refractivity contribution >= 4 is 29.7 Å². The first-order valence-corrected chi connectivity index (χ1v) is 7.05. The molecular formula is C9H21N2O2PS. The van der Waals surface area contributed by atoms with Gasteiger partial charge in [-0.05, 0) is 11.8 Å². The maximum Gasteiger partial charge on any atom is 0.190 e. The number of thiocarbonyl (C=S) groups is 1. The summed E-state index contributed by atoms with van der Waals surface area (Å²) in [4.78, 5) is 19.7. The maximum absolute atomic E-state index is 9.84. The van der Waals surface area contributed by atoms with E-state index in [1.54, 1.807) is 0 Å². The van der Waals surface area contributed by atoms with Gasteiger partial charge in [0, 0.05) is 12.0 Å². The van der Waals surface area contributed by atoms with Crippen LogP contribution < -0.4 is 11.1 Å². The molecule has 0 aliphatic rings. The average Bonchev–Trinajstić information content (AvgIpc) is 2.12. The second kappa shape index (κ2) is 5.97. The Morgan fingerprint density at radius 1 is 1.33 bits per heavy atom. The molecule has 4 nitrogen and oxygen atoms in total. The highest BCUT2D eigenvalue weighted by Crippen LogP contribution is 2.40. The summed E-state index contributed by atoms with van der Waals surface area (Å²) in [6, 6.07) is 0. The first-order chi connectivity index (χ1) is 6.69. The van der Waals surface area contributed by atoms with Crippen LogP contribution in [0.5, 0.6) is 0 Å². The monoisotopic (exact) mass is 252 g/mol. The quantitative estimate of drug-likeness (QED) is 0.445. The van der Waals surface area contributed by atoms with E-state index in [9.17, 15) is 9.79 Å². The largest absolute Gasteiger partial charge is 0.372 e. The fourth-order valence-corrected chi connectivity index (χ4v) is 2.54. The van der Waals surface area contributed by atoms with Crippen molar-refractivity contribution in [2.45, 2.75) is 27.7 Å². The van der Waals surface area contributed by atoms with Crippen molar-refractivity contribution in [1.29, 1.82) is 0 Å². The van der Waals surface area contributed by atoms with Crippen LogP contribution >= 0.6 is 19.6 Å². The summed E-state index contributed by atoms with van der Waals surface area (Å²) in [5.41, 5.74) is 5.81. The summed E-state index contributed by atoms with van der Waals surface area (Å²) in [5.74, 6) is 0.301. The predicted molar refractivity (Wildman–Crippen MR) is 70.8 cm³/mol. The molecule has 90 valence electrons. The van der Waals surface area contributed by atoms with Gasteiger partial charge in [0.2, 0.25) is 0 Å². The Kier molecular flexibility index (Phi) is 5.99. The highest BCUT2D eigenvalue weighted by molar-refractivity contribution is 8.01. The van der Waals surface area contributed by atoms with Crippen LogP contribution in [0.25, 0.3) is 0 Å². The molecule has 15 heavy (non-hydrogen) atoms. The lowest BCUT2D eigenvalue weighted by molar-refractivity contribution is 0.489. The zero-order valence-electron chi connectivity index (χ0n) is 9.69. The van der Waals surface area contributed by atoms with Crippen molar-refractivity contribution in [1.82, 2.24) is 5.32 Å². The van der Waals surface area contributed by atoms with Gasteiger partial charge in [-0.2, -0.15) is 0 Å². The molecule has 0 unspecified atom stereocenters. The standard InChI is InChI=1S/C9H21N2O2PS/c1-6(2)5-11-9(15)14(12,13)8(10)7(3)4/h6-7,12-13H,5,10H2,1-4H3,(H,11,15). The molecule has 6 heteroatoms. The third kappa shape index (κ3) is 4.62. The van der Waals surface area contributed by atoms with E-state index in [4.69, 9.17) is 18.0 Å². The van der Waals surface area contributed by atoms with Gasteiger partial charge in [-0.3, -0.25) is 0 Å². The fraction of sp³-hybridized carbons (Fsp3) is 0.778. The molecule has 0 atom stereocenters. The fourth-order valence-electron chi connectivity index (χ4n) is 0.879. The molecule has 0 aliphatic heterocycles. The Hall–Kier alpha value is 0.0700. The molecule has 0 fully saturated rings. The topological polar surface area (TPSA) is 78.5 Å². The van der Waals surface area contributed by atoms with Crippen molar-refractivity contribution in [3.8, 4) is 0 Å². The first kappa shape index (κ1) is 15.1. The van der Waals surface area contributed by atoms with Crippen LogP contribution in [0.2, 0.25) is 0 Å². The van der Waals surface area contributed by atoms with Crippen LogP contribution in [-0.2, 0) is 0 Å². The van der Waals surface area contributed by atoms with Gasteiger partial charge in [0.1, 0.15) is 0 Å². The van der Waals surface area contributed by atoms with Gasteiger partial charge in [0.25, 0.3) is 0 Å². The van der Waals surface area contributed by atoms with Gasteiger partial charge in [-0.1, -0.05) is 39.9 Å². The number of nitrogens with one attached hydrogen (secondary N) is 1. The van der Waals surface area contributed by atoms with Gasteiger partial charge in [-0.25, -0.2) is 0 Å². The highest BCUT2D eigenvalue weighted by atomic mass is 32.1. The molecule has 0 bridgehead atoms. The van der Waals surface area contributed by atoms with E-state index < -0.39 is 7.34 Å². The average molecular weight is 252 g/mol. The third-order valence-electron chi connectivity index (χ3n) is 1.90. The molecule has 0 aromatic rings. The maximum atomic E-state index is 9.84. The Bertz CT molecular complexity index is 284. The second-order valence-electron chi connectivity index (χ2n) is 4.26. The van der Waals surface area contributed by atoms with Crippen molar-refractivity contribution in [3.05, 3.63) is 0 Å². The second-order valence-corrected chi connectivity index (χ2v) is 7.14. The lowest BCUT2D eigenvalue weighted by Crippen LogP contribution is -2.31. The lowest BCUT2D eigenvalue weighted by Gasteiger charge is -2.21. The number of hydrogen-bond donors (Lipinski definition) is 4. The number of rotatable bonds is 4. The molecule has 0 rings (SSSR count). The molecule has 5 N–H and O–H groups in total. The van der Waals surface area contributed by atoms with Crippen LogP contribution in [0.15, 0.2) is 0 Å². The van der Waals surface area contributed by atoms with Gasteiger partial charge >= 0.3 is 0 Å². The van der Waals surface area contributed by atoms with Crippen LogP contribution in [0.4, 0.5) is 0 Å². The SMILES string of the molecule is CC(C)CNC(=S)P(O)(O)=C(N)C(C)C. The van der Waals surface area contributed by atoms with Crippen molar-refractivity contribution in [2.75, 3.05) is 6.54 Å². The van der Waals surface area contributed by atoms with E-state index in [0.29, 0.717) is 12.5 Å². The zero-order chi connectivity index (χ0) is 12.2. The molecule has 0 saturated carbocycles. The minimum atomic E-state index is -3.42. The van der Waals surface area contributed by atoms with E-state index in [1.807, 2.05) is 27.7 Å². The molecule has 0 aliphatic carbocycles. The van der Waals surface area contributed by atoms with E-state index in [0.717, 1.165) is 0 Å².